The number of hydrogen-bond donors (Lipinski definition) is 2. The van der Waals surface area contributed by atoms with Crippen molar-refractivity contribution in [3.63, 3.8) is 0 Å². The lowest BCUT2D eigenvalue weighted by Gasteiger charge is -2.38. The first kappa shape index (κ1) is 32.3. The molecule has 1 saturated heterocycles. The van der Waals surface area contributed by atoms with E-state index in [9.17, 15) is 9.59 Å². The molecule has 12 heteroatoms. The van der Waals surface area contributed by atoms with Crippen LogP contribution >= 0.6 is 34.8 Å². The number of carbonyl (C=O) groups is 2. The largest absolute Gasteiger partial charge is 0.487 e. The van der Waals surface area contributed by atoms with Crippen LogP contribution in [0, 0.1) is 6.92 Å². The number of aryl methyl sites for hydroxylation is 1. The molecule has 5 rings (SSSR count). The van der Waals surface area contributed by atoms with Crippen molar-refractivity contribution >= 4 is 52.3 Å². The van der Waals surface area contributed by atoms with E-state index in [1.807, 2.05) is 30.0 Å². The molecule has 44 heavy (non-hydrogen) atoms. The molecular formula is C32H36Cl3N5O4. The molecule has 1 atom stereocenters. The van der Waals surface area contributed by atoms with Crippen LogP contribution in [0.25, 0.3) is 0 Å². The minimum atomic E-state index is -0.716. The highest BCUT2D eigenvalue weighted by Crippen LogP contribution is 2.34. The summed E-state index contributed by atoms with van der Waals surface area (Å²) in [4.78, 5) is 35.0. The maximum absolute atomic E-state index is 14.1. The molecule has 1 aliphatic heterocycles. The van der Waals surface area contributed by atoms with Crippen molar-refractivity contribution in [2.45, 2.75) is 51.9 Å². The highest BCUT2D eigenvalue weighted by molar-refractivity contribution is 6.37. The third-order valence-electron chi connectivity index (χ3n) is 7.50. The zero-order valence-corrected chi connectivity index (χ0v) is 27.0. The fraction of sp³-hybridized carbons (Fsp3) is 0.406. The molecule has 2 N–H and O–H groups in total. The van der Waals surface area contributed by atoms with Crippen LogP contribution in [0.1, 0.15) is 36.5 Å². The summed E-state index contributed by atoms with van der Waals surface area (Å²) in [5, 5.41) is 7.92. The summed E-state index contributed by atoms with van der Waals surface area (Å²) in [6.07, 6.45) is 3.40. The second-order valence-corrected chi connectivity index (χ2v) is 12.1. The molecule has 2 heterocycles. The van der Waals surface area contributed by atoms with E-state index in [1.54, 1.807) is 35.4 Å². The first-order valence-electron chi connectivity index (χ1n) is 14.7. The fourth-order valence-electron chi connectivity index (χ4n) is 5.18. The molecular weight excluding hydrogens is 625 g/mol. The average molecular weight is 661 g/mol. The summed E-state index contributed by atoms with van der Waals surface area (Å²) in [6.45, 7) is 6.80. The van der Waals surface area contributed by atoms with Crippen molar-refractivity contribution in [1.82, 2.24) is 20.5 Å². The normalized spacial score (nSPS) is 16.6. The molecule has 1 saturated carbocycles. The van der Waals surface area contributed by atoms with Crippen LogP contribution in [-0.2, 0) is 22.7 Å². The number of hydrogen-bond acceptors (Lipinski definition) is 7. The average Bonchev–Trinajstić information content (AvgIpc) is 3.84. The highest BCUT2D eigenvalue weighted by Gasteiger charge is 2.41. The molecule has 1 aliphatic carbocycles. The van der Waals surface area contributed by atoms with Crippen LogP contribution in [-0.4, -0.2) is 66.6 Å². The molecule has 0 unspecified atom stereocenters. The maximum atomic E-state index is 14.1. The first-order valence-corrected chi connectivity index (χ1v) is 15.9. The van der Waals surface area contributed by atoms with Crippen molar-refractivity contribution in [3.05, 3.63) is 80.4 Å². The standard InChI is InChI=1S/C32H36Cl3N5O4/c1-3-36-15-21-4-8-25(33)22(14-21)19-39(23-5-6-23)32(42)28-17-37-18-30(41)40(28)24-7-9-29(38-16-24)43-10-11-44-31-26(34)12-20(2)13-27(31)35/h4,7-9,12-14,16,23,28,36-37H,3,5-6,10-11,15,17-19H2,1-2H3/t28-/m1/s1. The summed E-state index contributed by atoms with van der Waals surface area (Å²) in [7, 11) is 0. The molecule has 234 valence electrons. The number of pyridine rings is 1. The minimum absolute atomic E-state index is 0.118. The van der Waals surface area contributed by atoms with Gasteiger partial charge in [-0.15, -0.1) is 0 Å². The van der Waals surface area contributed by atoms with Crippen molar-refractivity contribution in [1.29, 1.82) is 0 Å². The van der Waals surface area contributed by atoms with E-state index in [0.29, 0.717) is 45.5 Å². The Balaban J connectivity index is 1.25. The molecule has 3 aromatic rings. The van der Waals surface area contributed by atoms with Gasteiger partial charge in [-0.1, -0.05) is 53.9 Å². The van der Waals surface area contributed by atoms with Gasteiger partial charge in [0.25, 0.3) is 0 Å². The number of rotatable bonds is 13. The van der Waals surface area contributed by atoms with E-state index in [0.717, 1.165) is 42.6 Å². The number of benzene rings is 2. The Morgan fingerprint density at radius 3 is 2.50 bits per heavy atom. The van der Waals surface area contributed by atoms with Gasteiger partial charge in [-0.3, -0.25) is 14.5 Å². The number of ether oxygens (including phenoxy) is 2. The molecule has 1 aromatic heterocycles. The van der Waals surface area contributed by atoms with E-state index >= 15 is 0 Å². The monoisotopic (exact) mass is 659 g/mol. The highest BCUT2D eigenvalue weighted by atomic mass is 35.5. The molecule has 2 amide bonds. The van der Waals surface area contributed by atoms with E-state index in [4.69, 9.17) is 44.3 Å². The Morgan fingerprint density at radius 2 is 1.82 bits per heavy atom. The van der Waals surface area contributed by atoms with E-state index < -0.39 is 6.04 Å². The minimum Gasteiger partial charge on any atom is -0.487 e. The number of aromatic nitrogens is 1. The topological polar surface area (TPSA) is 96.0 Å². The van der Waals surface area contributed by atoms with E-state index in [2.05, 4.69) is 22.5 Å². The van der Waals surface area contributed by atoms with Gasteiger partial charge in [-0.05, 0) is 67.3 Å². The molecule has 2 aromatic carbocycles. The third kappa shape index (κ3) is 7.95. The maximum Gasteiger partial charge on any atom is 0.247 e. The van der Waals surface area contributed by atoms with E-state index in [-0.39, 0.29) is 37.6 Å². The molecule has 0 bridgehead atoms. The predicted molar refractivity (Wildman–Crippen MR) is 173 cm³/mol. The summed E-state index contributed by atoms with van der Waals surface area (Å²) in [5.41, 5.74) is 3.46. The van der Waals surface area contributed by atoms with Crippen LogP contribution in [0.3, 0.4) is 0 Å². The molecule has 2 fully saturated rings. The van der Waals surface area contributed by atoms with Gasteiger partial charge in [-0.2, -0.15) is 0 Å². The molecule has 9 nitrogen and oxygen atoms in total. The number of piperazine rings is 1. The lowest BCUT2D eigenvalue weighted by atomic mass is 10.1. The number of anilines is 1. The van der Waals surface area contributed by atoms with Crippen molar-refractivity contribution in [2.75, 3.05) is 37.7 Å². The lowest BCUT2D eigenvalue weighted by molar-refractivity contribution is -0.136. The third-order valence-corrected chi connectivity index (χ3v) is 8.43. The Labute approximate surface area is 272 Å². The Kier molecular flexibility index (Phi) is 10.9. The second-order valence-electron chi connectivity index (χ2n) is 10.9. The number of amides is 2. The van der Waals surface area contributed by atoms with Gasteiger partial charge < -0.3 is 25.0 Å². The zero-order valence-electron chi connectivity index (χ0n) is 24.7. The smallest absolute Gasteiger partial charge is 0.247 e. The fourth-order valence-corrected chi connectivity index (χ4v) is 6.06. The van der Waals surface area contributed by atoms with Crippen LogP contribution in [0.2, 0.25) is 15.1 Å². The Bertz CT molecular complexity index is 1460. The number of halogens is 3. The van der Waals surface area contributed by atoms with Gasteiger partial charge >= 0.3 is 0 Å². The molecule has 0 spiro atoms. The molecule has 0 radical (unpaired) electrons. The quantitative estimate of drug-likeness (QED) is 0.237. The van der Waals surface area contributed by atoms with Crippen molar-refractivity contribution < 1.29 is 19.1 Å². The van der Waals surface area contributed by atoms with Crippen LogP contribution in [0.15, 0.2) is 48.7 Å². The Hall–Kier alpha value is -3.08. The van der Waals surface area contributed by atoms with Crippen LogP contribution in [0.5, 0.6) is 11.6 Å². The van der Waals surface area contributed by atoms with Crippen molar-refractivity contribution in [2.24, 2.45) is 0 Å². The number of carbonyl (C=O) groups excluding carboxylic acids is 2. The number of nitrogens with zero attached hydrogens (tertiary/aromatic N) is 3. The second kappa shape index (κ2) is 14.8. The summed E-state index contributed by atoms with van der Waals surface area (Å²) in [6, 6.07) is 12.3. The van der Waals surface area contributed by atoms with Crippen molar-refractivity contribution in [3.8, 4) is 11.6 Å². The van der Waals surface area contributed by atoms with Gasteiger partial charge in [0, 0.05) is 36.8 Å². The van der Waals surface area contributed by atoms with Gasteiger partial charge in [0.2, 0.25) is 17.7 Å². The zero-order chi connectivity index (χ0) is 31.2. The summed E-state index contributed by atoms with van der Waals surface area (Å²) >= 11 is 19.1. The predicted octanol–water partition coefficient (Wildman–Crippen LogP) is 5.41. The van der Waals surface area contributed by atoms with Crippen LogP contribution in [0.4, 0.5) is 5.69 Å². The van der Waals surface area contributed by atoms with Gasteiger partial charge in [-0.25, -0.2) is 4.98 Å². The SMILES string of the molecule is CCNCc1ccc(Cl)c(CN(C(=O)[C@H]2CNCC(=O)N2c2ccc(OCCOc3c(Cl)cc(C)cc3Cl)nc2)C2CC2)c1. The van der Waals surface area contributed by atoms with Gasteiger partial charge in [0.05, 0.1) is 28.5 Å². The van der Waals surface area contributed by atoms with E-state index in [1.165, 1.54) is 0 Å². The lowest BCUT2D eigenvalue weighted by Crippen LogP contribution is -2.61. The van der Waals surface area contributed by atoms with Crippen LogP contribution < -0.4 is 25.0 Å². The van der Waals surface area contributed by atoms with Gasteiger partial charge in [0.1, 0.15) is 19.3 Å². The molecule has 2 aliphatic rings. The summed E-state index contributed by atoms with van der Waals surface area (Å²) in [5.74, 6) is 0.442. The van der Waals surface area contributed by atoms with Gasteiger partial charge in [0.15, 0.2) is 5.75 Å². The summed E-state index contributed by atoms with van der Waals surface area (Å²) < 4.78 is 11.4. The number of nitrogens with one attached hydrogen (secondary N) is 2. The Morgan fingerprint density at radius 1 is 1.07 bits per heavy atom. The first-order chi connectivity index (χ1) is 21.2.